The maximum Gasteiger partial charge on any atom is 0.216 e. The lowest BCUT2D eigenvalue weighted by atomic mass is 9.93. The van der Waals surface area contributed by atoms with Crippen LogP contribution in [-0.4, -0.2) is 19.6 Å². The molecule has 122 valence electrons. The number of benzene rings is 2. The van der Waals surface area contributed by atoms with E-state index in [1.165, 1.54) is 21.9 Å². The number of aryl methyl sites for hydroxylation is 1. The lowest BCUT2D eigenvalue weighted by Gasteiger charge is -2.15. The van der Waals surface area contributed by atoms with Crippen LogP contribution in [0.2, 0.25) is 0 Å². The average molecular weight is 311 g/mol. The molecule has 2 aromatic rings. The van der Waals surface area contributed by atoms with Gasteiger partial charge < -0.3 is 10.1 Å². The van der Waals surface area contributed by atoms with Crippen LogP contribution >= 0.6 is 0 Å². The minimum absolute atomic E-state index is 0.00836. The summed E-state index contributed by atoms with van der Waals surface area (Å²) in [7, 11) is 1.72. The number of carbonyl (C=O) groups excluding carboxylic acids is 1. The molecule has 1 N–H and O–H groups in total. The first-order chi connectivity index (χ1) is 11.2. The van der Waals surface area contributed by atoms with Gasteiger partial charge in [0.1, 0.15) is 5.75 Å². The summed E-state index contributed by atoms with van der Waals surface area (Å²) in [5, 5.41) is 5.36. The smallest absolute Gasteiger partial charge is 0.216 e. The van der Waals surface area contributed by atoms with E-state index in [1.807, 2.05) is 12.1 Å². The van der Waals surface area contributed by atoms with E-state index in [2.05, 4.69) is 36.2 Å². The van der Waals surface area contributed by atoms with Crippen molar-refractivity contribution >= 4 is 16.7 Å². The molecule has 0 atom stereocenters. The van der Waals surface area contributed by atoms with Gasteiger partial charge in [0.2, 0.25) is 5.91 Å². The van der Waals surface area contributed by atoms with E-state index < -0.39 is 0 Å². The maximum absolute atomic E-state index is 11.1. The second-order valence-electron chi connectivity index (χ2n) is 5.68. The van der Waals surface area contributed by atoms with Gasteiger partial charge in [0.05, 0.1) is 7.11 Å². The van der Waals surface area contributed by atoms with Crippen molar-refractivity contribution in [1.29, 1.82) is 0 Å². The van der Waals surface area contributed by atoms with Crippen molar-refractivity contribution in [3.63, 3.8) is 0 Å². The number of rotatable bonds is 8. The Morgan fingerprint density at radius 3 is 2.78 bits per heavy atom. The molecular weight excluding hydrogens is 286 g/mol. The van der Waals surface area contributed by atoms with Gasteiger partial charge in [0.15, 0.2) is 0 Å². The Bertz CT molecular complexity index is 691. The summed E-state index contributed by atoms with van der Waals surface area (Å²) in [4.78, 5) is 11.1. The summed E-state index contributed by atoms with van der Waals surface area (Å²) in [6.07, 6.45) is 5.78. The normalized spacial score (nSPS) is 10.5. The van der Waals surface area contributed by atoms with Crippen molar-refractivity contribution in [2.45, 2.75) is 32.6 Å². The fourth-order valence-corrected chi connectivity index (χ4v) is 2.96. The summed E-state index contributed by atoms with van der Waals surface area (Å²) in [5.41, 5.74) is 2.51. The number of nitrogens with one attached hydrogen (secondary N) is 1. The molecule has 3 nitrogen and oxygen atoms in total. The summed E-state index contributed by atoms with van der Waals surface area (Å²) in [6, 6.07) is 10.5. The third kappa shape index (κ3) is 4.35. The monoisotopic (exact) mass is 311 g/mol. The number of hydrogen-bond donors (Lipinski definition) is 1. The van der Waals surface area contributed by atoms with Crippen LogP contribution in [0.1, 0.15) is 30.9 Å². The lowest BCUT2D eigenvalue weighted by molar-refractivity contribution is -0.118. The maximum atomic E-state index is 11.1. The van der Waals surface area contributed by atoms with Crippen LogP contribution in [0.3, 0.4) is 0 Å². The van der Waals surface area contributed by atoms with Crippen LogP contribution in [-0.2, 0) is 17.6 Å². The third-order valence-corrected chi connectivity index (χ3v) is 4.02. The van der Waals surface area contributed by atoms with Crippen LogP contribution < -0.4 is 10.1 Å². The highest BCUT2D eigenvalue weighted by molar-refractivity contribution is 5.91. The molecule has 2 aromatic carbocycles. The number of carbonyl (C=O) groups is 1. The van der Waals surface area contributed by atoms with Gasteiger partial charge in [-0.1, -0.05) is 30.3 Å². The van der Waals surface area contributed by atoms with Gasteiger partial charge in [-0.3, -0.25) is 4.79 Å². The summed E-state index contributed by atoms with van der Waals surface area (Å²) < 4.78 is 5.59. The van der Waals surface area contributed by atoms with Gasteiger partial charge in [-0.25, -0.2) is 0 Å². The predicted octanol–water partition coefficient (Wildman–Crippen LogP) is 4.04. The van der Waals surface area contributed by atoms with Gasteiger partial charge in [0, 0.05) is 19.0 Å². The lowest BCUT2D eigenvalue weighted by Crippen LogP contribution is -2.22. The van der Waals surface area contributed by atoms with E-state index in [4.69, 9.17) is 4.74 Å². The van der Waals surface area contributed by atoms with Crippen molar-refractivity contribution in [1.82, 2.24) is 5.32 Å². The first-order valence-electron chi connectivity index (χ1n) is 8.10. The number of hydrogen-bond acceptors (Lipinski definition) is 2. The molecule has 0 bridgehead atoms. The highest BCUT2D eigenvalue weighted by atomic mass is 16.5. The Kier molecular flexibility index (Phi) is 6.21. The number of ether oxygens (including phenoxy) is 1. The van der Waals surface area contributed by atoms with Crippen molar-refractivity contribution < 1.29 is 9.53 Å². The number of allylic oxidation sites excluding steroid dienone is 1. The molecule has 2 rings (SSSR count). The fraction of sp³-hybridized carbons (Fsp3) is 0.350. The Hall–Kier alpha value is -2.29. The van der Waals surface area contributed by atoms with E-state index in [0.29, 0.717) is 6.54 Å². The number of methoxy groups -OCH3 is 1. The van der Waals surface area contributed by atoms with Gasteiger partial charge in [-0.05, 0) is 48.1 Å². The Morgan fingerprint density at radius 1 is 1.26 bits per heavy atom. The quantitative estimate of drug-likeness (QED) is 0.590. The van der Waals surface area contributed by atoms with Crippen LogP contribution in [0.5, 0.6) is 5.75 Å². The van der Waals surface area contributed by atoms with Crippen LogP contribution in [0.4, 0.5) is 0 Å². The highest BCUT2D eigenvalue weighted by Gasteiger charge is 2.11. The molecule has 0 aromatic heterocycles. The van der Waals surface area contributed by atoms with E-state index in [0.717, 1.165) is 31.4 Å². The molecule has 1 amide bonds. The molecule has 0 unspecified atom stereocenters. The molecular formula is C20H25NO2. The fourth-order valence-electron chi connectivity index (χ4n) is 2.96. The first-order valence-corrected chi connectivity index (χ1v) is 8.10. The standard InChI is InChI=1S/C20H25NO2/c1-4-5-6-10-18-19(23-3)12-11-16-8-7-9-17(20(16)18)13-14-21-15(2)22/h4,7-9,11-12H,1,5-6,10,13-14H2,2-3H3,(H,21,22). The predicted molar refractivity (Wildman–Crippen MR) is 96.0 cm³/mol. The van der Waals surface area contributed by atoms with Gasteiger partial charge >= 0.3 is 0 Å². The molecule has 0 heterocycles. The Balaban J connectivity index is 2.41. The molecule has 0 radical (unpaired) electrons. The van der Waals surface area contributed by atoms with Crippen LogP contribution in [0.25, 0.3) is 10.8 Å². The molecule has 0 saturated carbocycles. The average Bonchev–Trinajstić information content (AvgIpc) is 2.54. The molecule has 0 aliphatic rings. The van der Waals surface area contributed by atoms with Gasteiger partial charge in [-0.15, -0.1) is 6.58 Å². The SMILES string of the molecule is C=CCCCc1c(OC)ccc2cccc(CCNC(C)=O)c12. The molecule has 0 saturated heterocycles. The van der Waals surface area contributed by atoms with Crippen molar-refractivity contribution in [3.05, 3.63) is 54.1 Å². The first kappa shape index (κ1) is 17.1. The topological polar surface area (TPSA) is 38.3 Å². The Morgan fingerprint density at radius 2 is 2.09 bits per heavy atom. The van der Waals surface area contributed by atoms with E-state index in [1.54, 1.807) is 14.0 Å². The van der Waals surface area contributed by atoms with Crippen LogP contribution in [0, 0.1) is 0 Å². The van der Waals surface area contributed by atoms with Gasteiger partial charge in [0.25, 0.3) is 0 Å². The molecule has 0 spiro atoms. The van der Waals surface area contributed by atoms with E-state index in [-0.39, 0.29) is 5.91 Å². The molecule has 0 aliphatic heterocycles. The van der Waals surface area contributed by atoms with Crippen molar-refractivity contribution in [3.8, 4) is 5.75 Å². The molecule has 3 heteroatoms. The van der Waals surface area contributed by atoms with E-state index >= 15 is 0 Å². The summed E-state index contributed by atoms with van der Waals surface area (Å²) in [5.74, 6) is 0.947. The zero-order chi connectivity index (χ0) is 16.7. The second-order valence-corrected chi connectivity index (χ2v) is 5.68. The minimum Gasteiger partial charge on any atom is -0.496 e. The minimum atomic E-state index is 0.00836. The molecule has 0 aliphatic carbocycles. The van der Waals surface area contributed by atoms with Crippen molar-refractivity contribution in [2.24, 2.45) is 0 Å². The second kappa shape index (κ2) is 8.37. The van der Waals surface area contributed by atoms with Crippen LogP contribution in [0.15, 0.2) is 43.0 Å². The Labute approximate surface area is 138 Å². The zero-order valence-electron chi connectivity index (χ0n) is 14.0. The zero-order valence-corrected chi connectivity index (χ0v) is 14.0. The molecule has 23 heavy (non-hydrogen) atoms. The van der Waals surface area contributed by atoms with Crippen molar-refractivity contribution in [2.75, 3.05) is 13.7 Å². The highest BCUT2D eigenvalue weighted by Crippen LogP contribution is 2.32. The van der Waals surface area contributed by atoms with Gasteiger partial charge in [-0.2, -0.15) is 0 Å². The molecule has 0 fully saturated rings. The number of unbranched alkanes of at least 4 members (excludes halogenated alkanes) is 1. The largest absolute Gasteiger partial charge is 0.496 e. The van der Waals surface area contributed by atoms with E-state index in [9.17, 15) is 4.79 Å². The number of fused-ring (bicyclic) bond motifs is 1. The summed E-state index contributed by atoms with van der Waals surface area (Å²) >= 11 is 0. The number of amides is 1. The summed E-state index contributed by atoms with van der Waals surface area (Å²) in [6.45, 7) is 6.00. The third-order valence-electron chi connectivity index (χ3n) is 4.02.